The first-order valence-electron chi connectivity index (χ1n) is 8.39. The summed E-state index contributed by atoms with van der Waals surface area (Å²) in [6.07, 6.45) is 1.52. The molecule has 0 unspecified atom stereocenters. The molecule has 0 bridgehead atoms. The Morgan fingerprint density at radius 3 is 2.53 bits per heavy atom. The second-order valence-electron chi connectivity index (χ2n) is 5.88. The molecule has 3 aromatic rings. The van der Waals surface area contributed by atoms with E-state index < -0.39 is 30.5 Å². The molecule has 0 aliphatic rings. The number of thioether (sulfide) groups is 1. The number of benzene rings is 1. The minimum atomic E-state index is -3.24. The second kappa shape index (κ2) is 9.20. The van der Waals surface area contributed by atoms with E-state index >= 15 is 0 Å². The van der Waals surface area contributed by atoms with Crippen LogP contribution < -0.4 is 9.47 Å². The highest BCUT2D eigenvalue weighted by Gasteiger charge is 2.20. The van der Waals surface area contributed by atoms with Crippen LogP contribution in [0.1, 0.15) is 16.1 Å². The van der Waals surface area contributed by atoms with Crippen molar-refractivity contribution in [3.8, 4) is 22.9 Å². The minimum Gasteiger partial charge on any atom is -0.469 e. The van der Waals surface area contributed by atoms with Crippen LogP contribution in [0.2, 0.25) is 0 Å². The summed E-state index contributed by atoms with van der Waals surface area (Å²) >= 11 is 1.03. The number of furan rings is 1. The molecule has 1 aromatic carbocycles. The standard InChI is InChI=1S/C18H15F4N3O4S/c1-9-11(5-6-27-9)15-23-24-18(25(15)2)30-8-13(26)12-4-3-10(28-16(19)20)7-14(12)29-17(21)22/h3-7,16-17H,8H2,1-2H3. The first-order valence-corrected chi connectivity index (χ1v) is 9.38. The highest BCUT2D eigenvalue weighted by atomic mass is 32.2. The maximum absolute atomic E-state index is 12.7. The summed E-state index contributed by atoms with van der Waals surface area (Å²) in [4.78, 5) is 12.5. The normalized spacial score (nSPS) is 11.3. The maximum Gasteiger partial charge on any atom is 0.387 e. The van der Waals surface area contributed by atoms with Gasteiger partial charge in [-0.15, -0.1) is 10.2 Å². The van der Waals surface area contributed by atoms with E-state index in [4.69, 9.17) is 4.42 Å². The molecule has 0 N–H and O–H groups in total. The molecule has 7 nitrogen and oxygen atoms in total. The van der Waals surface area contributed by atoms with Crippen LogP contribution in [0, 0.1) is 6.92 Å². The number of halogens is 4. The van der Waals surface area contributed by atoms with E-state index in [1.165, 1.54) is 6.26 Å². The Balaban J connectivity index is 1.76. The predicted molar refractivity (Wildman–Crippen MR) is 98.2 cm³/mol. The molecule has 0 radical (unpaired) electrons. The van der Waals surface area contributed by atoms with Crippen LogP contribution in [0.3, 0.4) is 0 Å². The van der Waals surface area contributed by atoms with Crippen molar-refractivity contribution in [1.29, 1.82) is 0 Å². The molecule has 3 rings (SSSR count). The van der Waals surface area contributed by atoms with Gasteiger partial charge in [-0.25, -0.2) is 0 Å². The number of aryl methyl sites for hydroxylation is 1. The molecule has 0 spiro atoms. The third-order valence-corrected chi connectivity index (χ3v) is 4.98. The average molecular weight is 445 g/mol. The molecule has 0 aliphatic heterocycles. The number of alkyl halides is 4. The molecule has 0 saturated heterocycles. The third-order valence-electron chi connectivity index (χ3n) is 3.96. The van der Waals surface area contributed by atoms with Crippen LogP contribution in [0.15, 0.2) is 40.1 Å². The number of aromatic nitrogens is 3. The summed E-state index contributed by atoms with van der Waals surface area (Å²) in [7, 11) is 1.70. The fourth-order valence-electron chi connectivity index (χ4n) is 2.60. The number of ketones is 1. The van der Waals surface area contributed by atoms with E-state index in [9.17, 15) is 22.4 Å². The zero-order valence-corrected chi connectivity index (χ0v) is 16.5. The lowest BCUT2D eigenvalue weighted by molar-refractivity contribution is -0.0544. The van der Waals surface area contributed by atoms with E-state index in [-0.39, 0.29) is 11.3 Å². The van der Waals surface area contributed by atoms with Crippen LogP contribution in [0.4, 0.5) is 17.6 Å². The number of Topliss-reactive ketones (excluding diaryl/α,β-unsaturated/α-hetero) is 1. The van der Waals surface area contributed by atoms with Crippen LogP contribution >= 0.6 is 11.8 Å². The van der Waals surface area contributed by atoms with Gasteiger partial charge in [-0.2, -0.15) is 17.6 Å². The molecular formula is C18H15F4N3O4S. The van der Waals surface area contributed by atoms with Crippen molar-refractivity contribution in [2.75, 3.05) is 5.75 Å². The molecule has 0 fully saturated rings. The van der Waals surface area contributed by atoms with Crippen molar-refractivity contribution in [1.82, 2.24) is 14.8 Å². The quantitative estimate of drug-likeness (QED) is 0.271. The predicted octanol–water partition coefficient (Wildman–Crippen LogP) is 4.56. The zero-order chi connectivity index (χ0) is 21.8. The molecule has 160 valence electrons. The van der Waals surface area contributed by atoms with Crippen molar-refractivity contribution >= 4 is 17.5 Å². The number of hydrogen-bond donors (Lipinski definition) is 0. The van der Waals surface area contributed by atoms with Gasteiger partial charge in [0.25, 0.3) is 0 Å². The van der Waals surface area contributed by atoms with Gasteiger partial charge in [0.05, 0.1) is 23.1 Å². The monoisotopic (exact) mass is 445 g/mol. The fraction of sp³-hybridized carbons (Fsp3) is 0.278. The Kier molecular flexibility index (Phi) is 6.65. The summed E-state index contributed by atoms with van der Waals surface area (Å²) in [6.45, 7) is -4.62. The number of rotatable bonds is 9. The van der Waals surface area contributed by atoms with Crippen LogP contribution in [-0.4, -0.2) is 39.5 Å². The molecule has 30 heavy (non-hydrogen) atoms. The molecule has 0 saturated carbocycles. The highest BCUT2D eigenvalue weighted by molar-refractivity contribution is 7.99. The van der Waals surface area contributed by atoms with E-state index in [1.54, 1.807) is 24.6 Å². The van der Waals surface area contributed by atoms with Gasteiger partial charge >= 0.3 is 13.2 Å². The lowest BCUT2D eigenvalue weighted by Crippen LogP contribution is -2.11. The fourth-order valence-corrected chi connectivity index (χ4v) is 3.40. The number of carbonyl (C=O) groups excluding carboxylic acids is 1. The summed E-state index contributed by atoms with van der Waals surface area (Å²) in [5, 5.41) is 8.51. The minimum absolute atomic E-state index is 0.176. The van der Waals surface area contributed by atoms with Gasteiger partial charge in [-0.05, 0) is 25.1 Å². The van der Waals surface area contributed by atoms with Gasteiger partial charge < -0.3 is 18.5 Å². The summed E-state index contributed by atoms with van der Waals surface area (Å²) in [6, 6.07) is 4.72. The third kappa shape index (κ3) is 4.93. The van der Waals surface area contributed by atoms with Crippen LogP contribution in [0.5, 0.6) is 11.5 Å². The van der Waals surface area contributed by atoms with E-state index in [2.05, 4.69) is 19.7 Å². The Morgan fingerprint density at radius 1 is 1.17 bits per heavy atom. The van der Waals surface area contributed by atoms with Crippen LogP contribution in [-0.2, 0) is 7.05 Å². The summed E-state index contributed by atoms with van der Waals surface area (Å²) in [5.74, 6) is -0.516. The Bertz CT molecular complexity index is 1040. The molecular weight excluding hydrogens is 430 g/mol. The van der Waals surface area contributed by atoms with Gasteiger partial charge in [0.1, 0.15) is 17.3 Å². The zero-order valence-electron chi connectivity index (χ0n) is 15.6. The molecule has 0 atom stereocenters. The Hall–Kier alpha value is -3.02. The SMILES string of the molecule is Cc1occc1-c1nnc(SCC(=O)c2ccc(OC(F)F)cc2OC(F)F)n1C. The van der Waals surface area contributed by atoms with Gasteiger partial charge in [-0.3, -0.25) is 4.79 Å². The second-order valence-corrected chi connectivity index (χ2v) is 6.82. The molecule has 2 aromatic heterocycles. The molecule has 2 heterocycles. The first-order chi connectivity index (χ1) is 14.3. The largest absolute Gasteiger partial charge is 0.469 e. The summed E-state index contributed by atoms with van der Waals surface area (Å²) in [5.41, 5.74) is 0.544. The lowest BCUT2D eigenvalue weighted by Gasteiger charge is -2.12. The van der Waals surface area contributed by atoms with Gasteiger partial charge in [0.15, 0.2) is 16.8 Å². The van der Waals surface area contributed by atoms with E-state index in [0.29, 0.717) is 16.7 Å². The van der Waals surface area contributed by atoms with E-state index in [0.717, 1.165) is 35.5 Å². The maximum atomic E-state index is 12.7. The molecule has 12 heteroatoms. The van der Waals surface area contributed by atoms with E-state index in [1.807, 2.05) is 0 Å². The lowest BCUT2D eigenvalue weighted by atomic mass is 10.1. The van der Waals surface area contributed by atoms with Crippen molar-refractivity contribution in [2.24, 2.45) is 7.05 Å². The smallest absolute Gasteiger partial charge is 0.387 e. The number of hydrogen-bond acceptors (Lipinski definition) is 7. The Morgan fingerprint density at radius 2 is 1.90 bits per heavy atom. The first kappa shape index (κ1) is 21.7. The number of carbonyl (C=O) groups is 1. The Labute approximate surface area is 172 Å². The highest BCUT2D eigenvalue weighted by Crippen LogP contribution is 2.30. The van der Waals surface area contributed by atoms with Gasteiger partial charge in [-0.1, -0.05) is 11.8 Å². The summed E-state index contributed by atoms with van der Waals surface area (Å²) < 4.78 is 65.4. The van der Waals surface area contributed by atoms with Crippen molar-refractivity contribution in [2.45, 2.75) is 25.3 Å². The average Bonchev–Trinajstić information content (AvgIpc) is 3.24. The van der Waals surface area contributed by atoms with Crippen molar-refractivity contribution in [3.63, 3.8) is 0 Å². The number of nitrogens with zero attached hydrogens (tertiary/aromatic N) is 3. The van der Waals surface area contributed by atoms with Crippen molar-refractivity contribution < 1.29 is 36.2 Å². The number of ether oxygens (including phenoxy) is 2. The van der Waals surface area contributed by atoms with Gasteiger partial charge in [0, 0.05) is 13.1 Å². The molecule has 0 aliphatic carbocycles. The van der Waals surface area contributed by atoms with Gasteiger partial charge in [0.2, 0.25) is 0 Å². The molecule has 0 amide bonds. The van der Waals surface area contributed by atoms with Crippen molar-refractivity contribution in [3.05, 3.63) is 41.9 Å². The topological polar surface area (TPSA) is 79.4 Å². The van der Waals surface area contributed by atoms with Crippen LogP contribution in [0.25, 0.3) is 11.4 Å².